The fraction of sp³-hybridized carbons (Fsp3) is 0.440. The Morgan fingerprint density at radius 3 is 2.44 bits per heavy atom. The minimum Gasteiger partial charge on any atom is -0.0804 e. The lowest BCUT2D eigenvalue weighted by Gasteiger charge is -2.27. The van der Waals surface area contributed by atoms with Gasteiger partial charge in [-0.15, -0.1) is 0 Å². The summed E-state index contributed by atoms with van der Waals surface area (Å²) in [6, 6.07) is 12.0. The highest BCUT2D eigenvalue weighted by Gasteiger charge is 2.23. The lowest BCUT2D eigenvalue weighted by atomic mass is 9.77. The molecule has 0 aliphatic heterocycles. The maximum atomic E-state index is 2.48. The number of fused-ring (bicyclic) bond motifs is 5. The molecule has 0 radical (unpaired) electrons. The number of aryl methyl sites for hydroxylation is 1. The van der Waals surface area contributed by atoms with Gasteiger partial charge in [-0.2, -0.15) is 0 Å². The van der Waals surface area contributed by atoms with Gasteiger partial charge in [-0.05, 0) is 83.1 Å². The predicted molar refractivity (Wildman–Crippen MR) is 108 cm³/mol. The molecule has 0 nitrogen and oxygen atoms in total. The molecule has 0 aromatic heterocycles. The molecule has 2 aromatic carbocycles. The van der Waals surface area contributed by atoms with Gasteiger partial charge in [0.1, 0.15) is 0 Å². The third kappa shape index (κ3) is 2.67. The molecule has 0 amide bonds. The average Bonchev–Trinajstić information content (AvgIpc) is 2.96. The average molecular weight is 328 g/mol. The normalized spacial score (nSPS) is 21.1. The number of allylic oxidation sites excluding steroid dienone is 4. The molecule has 0 N–H and O–H groups in total. The Morgan fingerprint density at radius 1 is 0.720 bits per heavy atom. The van der Waals surface area contributed by atoms with Crippen LogP contribution < -0.4 is 0 Å². The molecular weight excluding hydrogens is 300 g/mol. The summed E-state index contributed by atoms with van der Waals surface area (Å²) in [5.74, 6) is 0.775. The summed E-state index contributed by atoms with van der Waals surface area (Å²) in [6.07, 6.45) is 18.3. The van der Waals surface area contributed by atoms with Crippen molar-refractivity contribution in [2.45, 2.75) is 70.1 Å². The monoisotopic (exact) mass is 328 g/mol. The largest absolute Gasteiger partial charge is 0.0804 e. The maximum absolute atomic E-state index is 2.48. The van der Waals surface area contributed by atoms with Gasteiger partial charge < -0.3 is 0 Å². The topological polar surface area (TPSA) is 0 Å². The molecule has 3 aliphatic rings. The Morgan fingerprint density at radius 2 is 1.56 bits per heavy atom. The fourth-order valence-corrected chi connectivity index (χ4v) is 5.42. The van der Waals surface area contributed by atoms with Crippen molar-refractivity contribution < 1.29 is 0 Å². The van der Waals surface area contributed by atoms with Crippen LogP contribution in [0.25, 0.3) is 16.3 Å². The van der Waals surface area contributed by atoms with Crippen LogP contribution in [0.2, 0.25) is 0 Å². The van der Waals surface area contributed by atoms with Crippen molar-refractivity contribution in [1.82, 2.24) is 0 Å². The van der Waals surface area contributed by atoms with Crippen molar-refractivity contribution in [1.29, 1.82) is 0 Å². The summed E-state index contributed by atoms with van der Waals surface area (Å²) in [5.41, 5.74) is 7.88. The van der Waals surface area contributed by atoms with Gasteiger partial charge in [0.05, 0.1) is 0 Å². The van der Waals surface area contributed by atoms with E-state index in [1.165, 1.54) is 86.1 Å². The van der Waals surface area contributed by atoms with E-state index in [0.717, 1.165) is 5.92 Å². The molecule has 5 rings (SSSR count). The first-order chi connectivity index (χ1) is 12.4. The van der Waals surface area contributed by atoms with Crippen molar-refractivity contribution in [3.05, 3.63) is 64.7 Å². The van der Waals surface area contributed by atoms with Gasteiger partial charge in [0.2, 0.25) is 0 Å². The first-order valence-corrected chi connectivity index (χ1v) is 10.4. The minimum absolute atomic E-state index is 0.775. The molecule has 1 saturated carbocycles. The molecule has 0 unspecified atom stereocenters. The van der Waals surface area contributed by atoms with Gasteiger partial charge in [0.15, 0.2) is 0 Å². The van der Waals surface area contributed by atoms with E-state index >= 15 is 0 Å². The molecule has 0 heterocycles. The zero-order valence-corrected chi connectivity index (χ0v) is 15.2. The van der Waals surface area contributed by atoms with Crippen LogP contribution in [-0.2, 0) is 6.42 Å². The highest BCUT2D eigenvalue weighted by molar-refractivity contribution is 5.96. The second-order valence-corrected chi connectivity index (χ2v) is 8.15. The Hall–Kier alpha value is -1.82. The number of rotatable bonds is 1. The van der Waals surface area contributed by atoms with Crippen LogP contribution in [0.4, 0.5) is 0 Å². The van der Waals surface area contributed by atoms with Crippen LogP contribution in [-0.4, -0.2) is 0 Å². The van der Waals surface area contributed by atoms with E-state index in [1.54, 1.807) is 16.7 Å². The smallest absolute Gasteiger partial charge is 0.0143 e. The van der Waals surface area contributed by atoms with Crippen LogP contribution in [0.1, 0.15) is 80.4 Å². The molecule has 2 aromatic rings. The van der Waals surface area contributed by atoms with Crippen molar-refractivity contribution in [2.24, 2.45) is 0 Å². The lowest BCUT2D eigenvalue weighted by molar-refractivity contribution is 0.596. The first kappa shape index (κ1) is 15.4. The van der Waals surface area contributed by atoms with Crippen molar-refractivity contribution >= 4 is 16.3 Å². The van der Waals surface area contributed by atoms with Crippen LogP contribution in [0.15, 0.2) is 48.1 Å². The molecule has 0 saturated heterocycles. The van der Waals surface area contributed by atoms with Crippen LogP contribution >= 0.6 is 0 Å². The van der Waals surface area contributed by atoms with E-state index in [-0.39, 0.29) is 0 Å². The van der Waals surface area contributed by atoms with Gasteiger partial charge in [-0.1, -0.05) is 68.2 Å². The molecule has 3 aliphatic carbocycles. The quantitative estimate of drug-likeness (QED) is 0.481. The minimum atomic E-state index is 0.775. The molecule has 25 heavy (non-hydrogen) atoms. The standard InChI is InChI=1S/C25H28/c1-2-4-9-18(8-3-1)21-12-7-13-22-23(21)16-17-24-20-11-6-5-10-19(20)14-15-25(22)24/h7,10-13,16-18H,1-6,8-9,14-15H2. The molecule has 0 bridgehead atoms. The zero-order chi connectivity index (χ0) is 16.6. The third-order valence-electron chi connectivity index (χ3n) is 6.69. The van der Waals surface area contributed by atoms with E-state index in [0.29, 0.717) is 0 Å². The Bertz CT molecular complexity index is 857. The molecule has 0 spiro atoms. The van der Waals surface area contributed by atoms with Crippen LogP contribution in [0, 0.1) is 0 Å². The molecule has 0 heteroatoms. The Kier molecular flexibility index (Phi) is 4.00. The summed E-state index contributed by atoms with van der Waals surface area (Å²) in [7, 11) is 0. The van der Waals surface area contributed by atoms with Gasteiger partial charge >= 0.3 is 0 Å². The van der Waals surface area contributed by atoms with E-state index < -0.39 is 0 Å². The second-order valence-electron chi connectivity index (χ2n) is 8.15. The van der Waals surface area contributed by atoms with E-state index in [9.17, 15) is 0 Å². The molecular formula is C25H28. The SMILES string of the molecule is C1=C2CCc3c(ccc4c(C5CCCCCC5)cccc34)C2=CCC1. The molecule has 0 atom stereocenters. The summed E-state index contributed by atoms with van der Waals surface area (Å²) < 4.78 is 0. The van der Waals surface area contributed by atoms with Gasteiger partial charge in [-0.25, -0.2) is 0 Å². The van der Waals surface area contributed by atoms with E-state index in [2.05, 4.69) is 42.5 Å². The van der Waals surface area contributed by atoms with Crippen molar-refractivity contribution in [3.63, 3.8) is 0 Å². The van der Waals surface area contributed by atoms with Crippen molar-refractivity contribution in [2.75, 3.05) is 0 Å². The number of benzene rings is 2. The summed E-state index contributed by atoms with van der Waals surface area (Å²) in [4.78, 5) is 0. The maximum Gasteiger partial charge on any atom is -0.0143 e. The van der Waals surface area contributed by atoms with E-state index in [4.69, 9.17) is 0 Å². The van der Waals surface area contributed by atoms with Crippen LogP contribution in [0.5, 0.6) is 0 Å². The lowest BCUT2D eigenvalue weighted by Crippen LogP contribution is -2.08. The van der Waals surface area contributed by atoms with Gasteiger partial charge in [-0.3, -0.25) is 0 Å². The van der Waals surface area contributed by atoms with E-state index in [1.807, 2.05) is 0 Å². The predicted octanol–water partition coefficient (Wildman–Crippen LogP) is 7.33. The summed E-state index contributed by atoms with van der Waals surface area (Å²) in [6.45, 7) is 0. The van der Waals surface area contributed by atoms with Gasteiger partial charge in [0, 0.05) is 0 Å². The molecule has 1 fully saturated rings. The number of hydrogen-bond acceptors (Lipinski definition) is 0. The summed E-state index contributed by atoms with van der Waals surface area (Å²) >= 11 is 0. The second kappa shape index (κ2) is 6.48. The van der Waals surface area contributed by atoms with Crippen LogP contribution in [0.3, 0.4) is 0 Å². The highest BCUT2D eigenvalue weighted by Crippen LogP contribution is 2.43. The first-order valence-electron chi connectivity index (χ1n) is 10.4. The van der Waals surface area contributed by atoms with Crippen molar-refractivity contribution in [3.8, 4) is 0 Å². The Labute approximate surface area is 151 Å². The molecule has 128 valence electrons. The third-order valence-corrected chi connectivity index (χ3v) is 6.69. The summed E-state index contributed by atoms with van der Waals surface area (Å²) in [5, 5.41) is 3.07. The Balaban J connectivity index is 1.64. The zero-order valence-electron chi connectivity index (χ0n) is 15.2. The highest BCUT2D eigenvalue weighted by atomic mass is 14.3. The number of hydrogen-bond donors (Lipinski definition) is 0. The fourth-order valence-electron chi connectivity index (χ4n) is 5.42. The van der Waals surface area contributed by atoms with Gasteiger partial charge in [0.25, 0.3) is 0 Å².